The minimum atomic E-state index is -0.734. The van der Waals surface area contributed by atoms with E-state index in [0.717, 1.165) is 24.3 Å². The molecule has 4 rings (SSSR count). The van der Waals surface area contributed by atoms with Crippen LogP contribution >= 0.6 is 15.9 Å². The lowest BCUT2D eigenvalue weighted by Crippen LogP contribution is -2.36. The Morgan fingerprint density at radius 1 is 1.23 bits per heavy atom. The van der Waals surface area contributed by atoms with Crippen molar-refractivity contribution in [1.29, 1.82) is 0 Å². The predicted octanol–water partition coefficient (Wildman–Crippen LogP) is 2.66. The van der Waals surface area contributed by atoms with Crippen LogP contribution in [0.1, 0.15) is 16.1 Å². The number of anilines is 1. The molecule has 1 saturated heterocycles. The third-order valence-electron chi connectivity index (χ3n) is 4.80. The van der Waals surface area contributed by atoms with Gasteiger partial charge in [-0.15, -0.1) is 0 Å². The maximum absolute atomic E-state index is 13.3. The van der Waals surface area contributed by atoms with Crippen LogP contribution < -0.4 is 15.2 Å². The van der Waals surface area contributed by atoms with Crippen LogP contribution in [0.3, 0.4) is 0 Å². The summed E-state index contributed by atoms with van der Waals surface area (Å²) >= 11 is 3.48. The van der Waals surface area contributed by atoms with Crippen LogP contribution in [0, 0.1) is 0 Å². The number of nitrogens with zero attached hydrogens (tertiary/aromatic N) is 3. The molecule has 1 fully saturated rings. The van der Waals surface area contributed by atoms with E-state index in [-0.39, 0.29) is 18.1 Å². The first-order valence-corrected chi connectivity index (χ1v) is 10.2. The van der Waals surface area contributed by atoms with Gasteiger partial charge in [0.2, 0.25) is 5.75 Å². The fourth-order valence-electron chi connectivity index (χ4n) is 3.26. The average molecular weight is 474 g/mol. The average Bonchev–Trinajstić information content (AvgIpc) is 2.79. The Morgan fingerprint density at radius 3 is 2.67 bits per heavy atom. The molecule has 0 radical (unpaired) electrons. The fourth-order valence-corrected chi connectivity index (χ4v) is 3.77. The summed E-state index contributed by atoms with van der Waals surface area (Å²) in [6.45, 7) is 2.80. The number of methoxy groups -OCH3 is 1. The summed E-state index contributed by atoms with van der Waals surface area (Å²) in [5, 5.41) is 0. The second kappa shape index (κ2) is 8.85. The zero-order valence-corrected chi connectivity index (χ0v) is 17.9. The summed E-state index contributed by atoms with van der Waals surface area (Å²) in [5.74, 6) is -0.879. The van der Waals surface area contributed by atoms with E-state index in [1.807, 2.05) is 36.4 Å². The summed E-state index contributed by atoms with van der Waals surface area (Å²) in [6, 6.07) is 11.3. The lowest BCUT2D eigenvalue weighted by Gasteiger charge is -2.29. The normalized spacial score (nSPS) is 14.0. The highest BCUT2D eigenvalue weighted by molar-refractivity contribution is 9.10. The second-order valence-electron chi connectivity index (χ2n) is 6.70. The predicted molar refractivity (Wildman–Crippen MR) is 114 cm³/mol. The van der Waals surface area contributed by atoms with Gasteiger partial charge in [0.1, 0.15) is 6.61 Å². The molecule has 0 amide bonds. The Bertz CT molecular complexity index is 1130. The number of ether oxygens (including phenoxy) is 3. The van der Waals surface area contributed by atoms with Gasteiger partial charge in [0.05, 0.1) is 30.5 Å². The summed E-state index contributed by atoms with van der Waals surface area (Å²) < 4.78 is 18.0. The van der Waals surface area contributed by atoms with Crippen LogP contribution in [0.15, 0.2) is 51.9 Å². The number of benzene rings is 1. The van der Waals surface area contributed by atoms with E-state index in [0.29, 0.717) is 23.3 Å². The van der Waals surface area contributed by atoms with Crippen molar-refractivity contribution in [1.82, 2.24) is 9.38 Å². The van der Waals surface area contributed by atoms with Gasteiger partial charge >= 0.3 is 11.5 Å². The number of morpholine rings is 1. The molecule has 0 unspecified atom stereocenters. The van der Waals surface area contributed by atoms with Crippen molar-refractivity contribution in [3.05, 3.63) is 68.7 Å². The Morgan fingerprint density at radius 2 is 1.97 bits per heavy atom. The molecule has 156 valence electrons. The summed E-state index contributed by atoms with van der Waals surface area (Å²) in [7, 11) is 1.24. The van der Waals surface area contributed by atoms with Crippen LogP contribution in [0.2, 0.25) is 0 Å². The van der Waals surface area contributed by atoms with Gasteiger partial charge in [0, 0.05) is 19.3 Å². The zero-order chi connectivity index (χ0) is 21.1. The monoisotopic (exact) mass is 473 g/mol. The Kier molecular flexibility index (Phi) is 6.01. The maximum atomic E-state index is 13.3. The first kappa shape index (κ1) is 20.4. The molecule has 1 aliphatic heterocycles. The van der Waals surface area contributed by atoms with E-state index < -0.39 is 11.5 Å². The molecule has 0 bridgehead atoms. The standard InChI is InChI=1S/C21H20BrN3O5/c1-28-21(27)17-18(30-13-14-5-3-2-4-6-14)20(26)25-12-15(11-16(22)19(25)23-17)24-7-9-29-10-8-24/h2-6,11-12H,7-10,13H2,1H3. The van der Waals surface area contributed by atoms with Crippen molar-refractivity contribution in [2.24, 2.45) is 0 Å². The van der Waals surface area contributed by atoms with Gasteiger partial charge in [0.15, 0.2) is 11.3 Å². The Balaban J connectivity index is 1.81. The summed E-state index contributed by atoms with van der Waals surface area (Å²) in [6.07, 6.45) is 1.71. The van der Waals surface area contributed by atoms with E-state index in [9.17, 15) is 9.59 Å². The van der Waals surface area contributed by atoms with Gasteiger partial charge in [-0.1, -0.05) is 30.3 Å². The van der Waals surface area contributed by atoms with Crippen molar-refractivity contribution in [2.45, 2.75) is 6.61 Å². The molecular formula is C21H20BrN3O5. The number of hydrogen-bond acceptors (Lipinski definition) is 7. The highest BCUT2D eigenvalue weighted by Crippen LogP contribution is 2.26. The van der Waals surface area contributed by atoms with Crippen LogP contribution in [-0.2, 0) is 16.1 Å². The largest absolute Gasteiger partial charge is 0.481 e. The van der Waals surface area contributed by atoms with E-state index >= 15 is 0 Å². The minimum absolute atomic E-state index is 0.123. The number of pyridine rings is 1. The molecule has 9 heteroatoms. The third kappa shape index (κ3) is 4.03. The zero-order valence-electron chi connectivity index (χ0n) is 16.3. The van der Waals surface area contributed by atoms with E-state index in [4.69, 9.17) is 14.2 Å². The van der Waals surface area contributed by atoms with Crippen molar-refractivity contribution in [3.63, 3.8) is 0 Å². The van der Waals surface area contributed by atoms with Gasteiger partial charge < -0.3 is 19.1 Å². The van der Waals surface area contributed by atoms with Crippen molar-refractivity contribution in [2.75, 3.05) is 38.3 Å². The maximum Gasteiger partial charge on any atom is 0.360 e. The Hall–Kier alpha value is -2.91. The highest BCUT2D eigenvalue weighted by atomic mass is 79.9. The molecule has 3 heterocycles. The number of rotatable bonds is 5. The first-order valence-electron chi connectivity index (χ1n) is 9.42. The van der Waals surface area contributed by atoms with Gasteiger partial charge in [-0.2, -0.15) is 0 Å². The quantitative estimate of drug-likeness (QED) is 0.526. The smallest absolute Gasteiger partial charge is 0.360 e. The number of fused-ring (bicyclic) bond motifs is 1. The van der Waals surface area contributed by atoms with Crippen LogP contribution in [0.25, 0.3) is 5.65 Å². The molecule has 2 aromatic heterocycles. The van der Waals surface area contributed by atoms with Gasteiger partial charge in [-0.3, -0.25) is 9.20 Å². The molecule has 0 saturated carbocycles. The molecule has 0 spiro atoms. The lowest BCUT2D eigenvalue weighted by atomic mass is 10.2. The topological polar surface area (TPSA) is 82.4 Å². The molecule has 0 N–H and O–H groups in total. The second-order valence-corrected chi connectivity index (χ2v) is 7.55. The van der Waals surface area contributed by atoms with Crippen LogP contribution in [0.5, 0.6) is 5.75 Å². The molecule has 1 aromatic carbocycles. The number of carbonyl (C=O) groups is 1. The molecule has 3 aromatic rings. The summed E-state index contributed by atoms with van der Waals surface area (Å²) in [4.78, 5) is 32.1. The van der Waals surface area contributed by atoms with Crippen LogP contribution in [-0.4, -0.2) is 48.8 Å². The van der Waals surface area contributed by atoms with E-state index in [2.05, 4.69) is 25.8 Å². The number of esters is 1. The SMILES string of the molecule is COC(=O)c1nc2c(Br)cc(N3CCOCC3)cn2c(=O)c1OCc1ccccc1. The van der Waals surface area contributed by atoms with Crippen molar-refractivity contribution < 1.29 is 19.0 Å². The number of aromatic nitrogens is 2. The van der Waals surface area contributed by atoms with Gasteiger partial charge in [-0.05, 0) is 27.6 Å². The molecule has 30 heavy (non-hydrogen) atoms. The molecule has 0 atom stereocenters. The molecule has 8 nitrogen and oxygen atoms in total. The fraction of sp³-hybridized carbons (Fsp3) is 0.286. The van der Waals surface area contributed by atoms with E-state index in [1.54, 1.807) is 6.20 Å². The number of carbonyl (C=O) groups excluding carboxylic acids is 1. The Labute approximate surface area is 181 Å². The lowest BCUT2D eigenvalue weighted by molar-refractivity contribution is 0.0588. The van der Waals surface area contributed by atoms with Crippen molar-refractivity contribution in [3.8, 4) is 5.75 Å². The number of halogens is 1. The minimum Gasteiger partial charge on any atom is -0.481 e. The van der Waals surface area contributed by atoms with Gasteiger partial charge in [0.25, 0.3) is 0 Å². The third-order valence-corrected chi connectivity index (χ3v) is 5.39. The summed E-state index contributed by atoms with van der Waals surface area (Å²) in [5.41, 5.74) is 1.39. The van der Waals surface area contributed by atoms with E-state index in [1.165, 1.54) is 11.5 Å². The molecular weight excluding hydrogens is 454 g/mol. The molecule has 0 aliphatic carbocycles. The van der Waals surface area contributed by atoms with Crippen molar-refractivity contribution >= 4 is 33.2 Å². The highest BCUT2D eigenvalue weighted by Gasteiger charge is 2.23. The first-order chi connectivity index (χ1) is 14.6. The van der Waals surface area contributed by atoms with Gasteiger partial charge in [-0.25, -0.2) is 9.78 Å². The molecule has 1 aliphatic rings. The number of hydrogen-bond donors (Lipinski definition) is 0. The van der Waals surface area contributed by atoms with Crippen LogP contribution in [0.4, 0.5) is 5.69 Å².